The van der Waals surface area contributed by atoms with Gasteiger partial charge in [0.25, 0.3) is 0 Å². The van der Waals surface area contributed by atoms with E-state index in [0.717, 1.165) is 25.4 Å². The zero-order valence-electron chi connectivity index (χ0n) is 10.3. The smallest absolute Gasteiger partial charge is 0.123 e. The van der Waals surface area contributed by atoms with Crippen molar-refractivity contribution >= 4 is 0 Å². The van der Waals surface area contributed by atoms with Crippen molar-refractivity contribution < 1.29 is 9.47 Å². The Morgan fingerprint density at radius 1 is 1.31 bits per heavy atom. The summed E-state index contributed by atoms with van der Waals surface area (Å²) >= 11 is 0. The van der Waals surface area contributed by atoms with E-state index in [4.69, 9.17) is 9.47 Å². The Morgan fingerprint density at radius 3 is 2.75 bits per heavy atom. The van der Waals surface area contributed by atoms with Gasteiger partial charge in [0.05, 0.1) is 13.2 Å². The lowest BCUT2D eigenvalue weighted by atomic mass is 10.2. The summed E-state index contributed by atoms with van der Waals surface area (Å²) in [5, 5.41) is 3.36. The second-order valence-corrected chi connectivity index (χ2v) is 3.71. The molecule has 0 aromatic heterocycles. The highest BCUT2D eigenvalue weighted by Crippen LogP contribution is 2.16. The zero-order chi connectivity index (χ0) is 11.8. The van der Waals surface area contributed by atoms with Crippen LogP contribution in [0.15, 0.2) is 24.3 Å². The maximum atomic E-state index is 5.44. The first-order valence-electron chi connectivity index (χ1n) is 5.72. The molecule has 1 rings (SSSR count). The molecule has 3 heteroatoms. The topological polar surface area (TPSA) is 30.5 Å². The number of methoxy groups -OCH3 is 1. The Hall–Kier alpha value is -1.06. The zero-order valence-corrected chi connectivity index (χ0v) is 10.3. The molecule has 0 saturated carbocycles. The SMILES string of the molecule is CCOC(C)CNCc1ccccc1OC. The number of hydrogen-bond donors (Lipinski definition) is 1. The predicted molar refractivity (Wildman–Crippen MR) is 65.8 cm³/mol. The number of para-hydroxylation sites is 1. The molecule has 0 heterocycles. The lowest BCUT2D eigenvalue weighted by Gasteiger charge is -2.13. The van der Waals surface area contributed by atoms with Crippen LogP contribution in [-0.4, -0.2) is 26.4 Å². The Kier molecular flexibility index (Phi) is 5.90. The third-order valence-electron chi connectivity index (χ3n) is 2.39. The number of hydrogen-bond acceptors (Lipinski definition) is 3. The van der Waals surface area contributed by atoms with E-state index in [1.165, 1.54) is 5.56 Å². The fraction of sp³-hybridized carbons (Fsp3) is 0.538. The van der Waals surface area contributed by atoms with Crippen LogP contribution >= 0.6 is 0 Å². The van der Waals surface area contributed by atoms with Gasteiger partial charge in [0.15, 0.2) is 0 Å². The van der Waals surface area contributed by atoms with E-state index in [2.05, 4.69) is 18.3 Å². The van der Waals surface area contributed by atoms with Crippen LogP contribution in [0.5, 0.6) is 5.75 Å². The minimum atomic E-state index is 0.250. The quantitative estimate of drug-likeness (QED) is 0.768. The van der Waals surface area contributed by atoms with Gasteiger partial charge in [-0.3, -0.25) is 0 Å². The molecule has 1 aromatic rings. The molecule has 0 aliphatic heterocycles. The number of nitrogens with one attached hydrogen (secondary N) is 1. The maximum absolute atomic E-state index is 5.44. The third-order valence-corrected chi connectivity index (χ3v) is 2.39. The molecular weight excluding hydrogens is 202 g/mol. The first kappa shape index (κ1) is 13.0. The highest BCUT2D eigenvalue weighted by Gasteiger charge is 2.03. The molecule has 1 N–H and O–H groups in total. The lowest BCUT2D eigenvalue weighted by Crippen LogP contribution is -2.26. The Bertz CT molecular complexity index is 302. The van der Waals surface area contributed by atoms with Crippen LogP contribution in [-0.2, 0) is 11.3 Å². The first-order valence-corrected chi connectivity index (χ1v) is 5.72. The summed E-state index contributed by atoms with van der Waals surface area (Å²) in [7, 11) is 1.70. The third kappa shape index (κ3) is 4.21. The Labute approximate surface area is 97.8 Å². The van der Waals surface area contributed by atoms with E-state index in [-0.39, 0.29) is 6.10 Å². The van der Waals surface area contributed by atoms with Crippen molar-refractivity contribution in [3.05, 3.63) is 29.8 Å². The summed E-state index contributed by atoms with van der Waals surface area (Å²) in [5.41, 5.74) is 1.17. The molecule has 0 spiro atoms. The van der Waals surface area contributed by atoms with Crippen LogP contribution in [0.2, 0.25) is 0 Å². The second-order valence-electron chi connectivity index (χ2n) is 3.71. The fourth-order valence-corrected chi connectivity index (χ4v) is 1.60. The predicted octanol–water partition coefficient (Wildman–Crippen LogP) is 2.21. The standard InChI is InChI=1S/C13H21NO2/c1-4-16-11(2)9-14-10-12-7-5-6-8-13(12)15-3/h5-8,11,14H,4,9-10H2,1-3H3. The van der Waals surface area contributed by atoms with Crippen LogP contribution < -0.4 is 10.1 Å². The van der Waals surface area contributed by atoms with Gasteiger partial charge in [-0.1, -0.05) is 18.2 Å². The van der Waals surface area contributed by atoms with E-state index in [9.17, 15) is 0 Å². The van der Waals surface area contributed by atoms with E-state index < -0.39 is 0 Å². The van der Waals surface area contributed by atoms with Crippen molar-refractivity contribution in [2.75, 3.05) is 20.3 Å². The van der Waals surface area contributed by atoms with E-state index in [1.54, 1.807) is 7.11 Å². The highest BCUT2D eigenvalue weighted by atomic mass is 16.5. The molecule has 1 aromatic carbocycles. The van der Waals surface area contributed by atoms with Gasteiger partial charge in [-0.05, 0) is 19.9 Å². The normalized spacial score (nSPS) is 12.4. The lowest BCUT2D eigenvalue weighted by molar-refractivity contribution is 0.0759. The monoisotopic (exact) mass is 223 g/mol. The molecule has 1 atom stereocenters. The van der Waals surface area contributed by atoms with Gasteiger partial charge in [-0.15, -0.1) is 0 Å². The summed E-state index contributed by atoms with van der Waals surface area (Å²) in [6.45, 7) is 6.50. The molecule has 0 aliphatic carbocycles. The van der Waals surface area contributed by atoms with Crippen molar-refractivity contribution in [1.29, 1.82) is 0 Å². The minimum absolute atomic E-state index is 0.250. The van der Waals surface area contributed by atoms with Crippen molar-refractivity contribution in [3.63, 3.8) is 0 Å². The van der Waals surface area contributed by atoms with Gasteiger partial charge in [-0.25, -0.2) is 0 Å². The van der Waals surface area contributed by atoms with Gasteiger partial charge < -0.3 is 14.8 Å². The van der Waals surface area contributed by atoms with Gasteiger partial charge in [0.2, 0.25) is 0 Å². The summed E-state index contributed by atoms with van der Waals surface area (Å²) in [5.74, 6) is 0.930. The molecular formula is C13H21NO2. The molecule has 0 bridgehead atoms. The van der Waals surface area contributed by atoms with Crippen LogP contribution in [0.1, 0.15) is 19.4 Å². The fourth-order valence-electron chi connectivity index (χ4n) is 1.60. The molecule has 0 saturated heterocycles. The molecule has 0 radical (unpaired) electrons. The molecule has 3 nitrogen and oxygen atoms in total. The average Bonchev–Trinajstić information content (AvgIpc) is 2.30. The molecule has 0 amide bonds. The summed E-state index contributed by atoms with van der Waals surface area (Å²) in [6.07, 6.45) is 0.250. The largest absolute Gasteiger partial charge is 0.496 e. The molecule has 16 heavy (non-hydrogen) atoms. The van der Waals surface area contributed by atoms with E-state index in [0.29, 0.717) is 0 Å². The van der Waals surface area contributed by atoms with Crippen molar-refractivity contribution in [3.8, 4) is 5.75 Å². The summed E-state index contributed by atoms with van der Waals surface area (Å²) in [4.78, 5) is 0. The van der Waals surface area contributed by atoms with Crippen LogP contribution in [0.3, 0.4) is 0 Å². The Balaban J connectivity index is 2.36. The van der Waals surface area contributed by atoms with E-state index >= 15 is 0 Å². The van der Waals surface area contributed by atoms with Crippen LogP contribution in [0, 0.1) is 0 Å². The van der Waals surface area contributed by atoms with Gasteiger partial charge in [-0.2, -0.15) is 0 Å². The summed E-state index contributed by atoms with van der Waals surface area (Å²) < 4.78 is 10.7. The van der Waals surface area contributed by atoms with Gasteiger partial charge in [0, 0.05) is 25.3 Å². The minimum Gasteiger partial charge on any atom is -0.496 e. The van der Waals surface area contributed by atoms with Gasteiger partial charge in [0.1, 0.15) is 5.75 Å². The summed E-state index contributed by atoms with van der Waals surface area (Å²) in [6, 6.07) is 8.04. The average molecular weight is 223 g/mol. The number of benzene rings is 1. The molecule has 0 fully saturated rings. The molecule has 90 valence electrons. The second kappa shape index (κ2) is 7.25. The van der Waals surface area contributed by atoms with Crippen molar-refractivity contribution in [1.82, 2.24) is 5.32 Å². The molecule has 1 unspecified atom stereocenters. The Morgan fingerprint density at radius 2 is 2.06 bits per heavy atom. The van der Waals surface area contributed by atoms with Gasteiger partial charge >= 0.3 is 0 Å². The van der Waals surface area contributed by atoms with Crippen molar-refractivity contribution in [2.24, 2.45) is 0 Å². The van der Waals surface area contributed by atoms with E-state index in [1.807, 2.05) is 25.1 Å². The number of rotatable bonds is 7. The first-order chi connectivity index (χ1) is 7.77. The highest BCUT2D eigenvalue weighted by molar-refractivity contribution is 5.32. The maximum Gasteiger partial charge on any atom is 0.123 e. The van der Waals surface area contributed by atoms with Crippen LogP contribution in [0.4, 0.5) is 0 Å². The molecule has 0 aliphatic rings. The van der Waals surface area contributed by atoms with Crippen LogP contribution in [0.25, 0.3) is 0 Å². The van der Waals surface area contributed by atoms with Crippen molar-refractivity contribution in [2.45, 2.75) is 26.5 Å². The number of ether oxygens (including phenoxy) is 2.